The molecule has 1 aromatic rings. The molecule has 0 N–H and O–H groups in total. The predicted molar refractivity (Wildman–Crippen MR) is 46.9 cm³/mol. The van der Waals surface area contributed by atoms with Gasteiger partial charge in [-0.05, 0) is 18.9 Å². The lowest BCUT2D eigenvalue weighted by Crippen LogP contribution is -2.17. The van der Waals surface area contributed by atoms with Gasteiger partial charge in [-0.15, -0.1) is 6.42 Å². The third-order valence-electron chi connectivity index (χ3n) is 2.06. The van der Waals surface area contributed by atoms with E-state index >= 15 is 0 Å². The van der Waals surface area contributed by atoms with E-state index in [1.807, 2.05) is 0 Å². The number of hydrogen-bond donors (Lipinski definition) is 0. The molecule has 0 atom stereocenters. The molecule has 1 heterocycles. The Morgan fingerprint density at radius 1 is 1.58 bits per heavy atom. The van der Waals surface area contributed by atoms with Crippen LogP contribution in [-0.2, 0) is 0 Å². The number of terminal acetylenes is 1. The Kier molecular flexibility index (Phi) is 1.51. The van der Waals surface area contributed by atoms with Gasteiger partial charge in [-0.3, -0.25) is 4.79 Å². The van der Waals surface area contributed by atoms with Crippen LogP contribution in [0.1, 0.15) is 24.4 Å². The summed E-state index contributed by atoms with van der Waals surface area (Å²) in [5, 5.41) is 0. The van der Waals surface area contributed by atoms with Crippen LogP contribution >= 0.6 is 0 Å². The molecule has 2 nitrogen and oxygen atoms in total. The van der Waals surface area contributed by atoms with Crippen molar-refractivity contribution in [2.24, 2.45) is 0 Å². The second-order valence-corrected chi connectivity index (χ2v) is 3.04. The Hall–Kier alpha value is -1.49. The minimum absolute atomic E-state index is 0.0213. The molecule has 1 aliphatic rings. The lowest BCUT2D eigenvalue weighted by Gasteiger charge is -2.01. The van der Waals surface area contributed by atoms with Crippen molar-refractivity contribution in [3.63, 3.8) is 0 Å². The Bertz CT molecular complexity index is 393. The average molecular weight is 159 g/mol. The molecule has 0 amide bonds. The summed E-state index contributed by atoms with van der Waals surface area (Å²) in [7, 11) is 0. The van der Waals surface area contributed by atoms with Crippen LogP contribution in [0, 0.1) is 12.3 Å². The quantitative estimate of drug-likeness (QED) is 0.564. The Balaban J connectivity index is 2.47. The van der Waals surface area contributed by atoms with Crippen molar-refractivity contribution < 1.29 is 0 Å². The first-order chi connectivity index (χ1) is 5.81. The van der Waals surface area contributed by atoms with Gasteiger partial charge in [0.25, 0.3) is 5.56 Å². The van der Waals surface area contributed by atoms with Gasteiger partial charge >= 0.3 is 0 Å². The molecule has 0 aromatic carbocycles. The Morgan fingerprint density at radius 3 is 2.83 bits per heavy atom. The van der Waals surface area contributed by atoms with Gasteiger partial charge in [-0.2, -0.15) is 0 Å². The molecule has 1 fully saturated rings. The van der Waals surface area contributed by atoms with Crippen molar-refractivity contribution in [1.82, 2.24) is 4.57 Å². The maximum absolute atomic E-state index is 11.3. The fourth-order valence-electron chi connectivity index (χ4n) is 1.23. The molecule has 0 unspecified atom stereocenters. The normalized spacial score (nSPS) is 15.6. The summed E-state index contributed by atoms with van der Waals surface area (Å²) in [6, 6.07) is 3.75. The van der Waals surface area contributed by atoms with Crippen molar-refractivity contribution in [1.29, 1.82) is 0 Å². The zero-order valence-electron chi connectivity index (χ0n) is 6.66. The van der Waals surface area contributed by atoms with Gasteiger partial charge < -0.3 is 4.57 Å². The van der Waals surface area contributed by atoms with E-state index in [2.05, 4.69) is 5.92 Å². The highest BCUT2D eigenvalue weighted by molar-refractivity contribution is 5.29. The van der Waals surface area contributed by atoms with Crippen LogP contribution in [0.5, 0.6) is 0 Å². The van der Waals surface area contributed by atoms with Gasteiger partial charge in [0.05, 0.1) is 0 Å². The highest BCUT2D eigenvalue weighted by Crippen LogP contribution is 2.33. The SMILES string of the molecule is C#Cc1ccn(C2CC2)c(=O)c1. The minimum atomic E-state index is 0.0213. The number of hydrogen-bond acceptors (Lipinski definition) is 1. The summed E-state index contributed by atoms with van der Waals surface area (Å²) < 4.78 is 1.75. The minimum Gasteiger partial charge on any atom is -0.312 e. The van der Waals surface area contributed by atoms with E-state index in [1.165, 1.54) is 6.07 Å². The molecule has 0 bridgehead atoms. The summed E-state index contributed by atoms with van der Waals surface area (Å²) in [5.74, 6) is 2.44. The second kappa shape index (κ2) is 2.53. The highest BCUT2D eigenvalue weighted by Gasteiger charge is 2.23. The third kappa shape index (κ3) is 1.14. The first-order valence-corrected chi connectivity index (χ1v) is 4.00. The molecule has 1 aliphatic carbocycles. The van der Waals surface area contributed by atoms with Crippen molar-refractivity contribution in [2.45, 2.75) is 18.9 Å². The summed E-state index contributed by atoms with van der Waals surface area (Å²) in [6.07, 6.45) is 9.19. The van der Waals surface area contributed by atoms with Crippen LogP contribution < -0.4 is 5.56 Å². The van der Waals surface area contributed by atoms with Crippen molar-refractivity contribution in [3.8, 4) is 12.3 Å². The van der Waals surface area contributed by atoms with Crippen LogP contribution in [0.3, 0.4) is 0 Å². The van der Waals surface area contributed by atoms with E-state index in [4.69, 9.17) is 6.42 Å². The molecule has 1 aromatic heterocycles. The van der Waals surface area contributed by atoms with E-state index < -0.39 is 0 Å². The molecule has 0 saturated heterocycles. The van der Waals surface area contributed by atoms with E-state index in [-0.39, 0.29) is 5.56 Å². The van der Waals surface area contributed by atoms with Crippen LogP contribution in [-0.4, -0.2) is 4.57 Å². The molecule has 1 saturated carbocycles. The Labute approximate surface area is 70.8 Å². The van der Waals surface area contributed by atoms with Crippen LogP contribution in [0.2, 0.25) is 0 Å². The fraction of sp³-hybridized carbons (Fsp3) is 0.300. The number of rotatable bonds is 1. The van der Waals surface area contributed by atoms with Crippen molar-refractivity contribution in [2.75, 3.05) is 0 Å². The fourth-order valence-corrected chi connectivity index (χ4v) is 1.23. The number of pyridine rings is 1. The van der Waals surface area contributed by atoms with E-state index in [0.29, 0.717) is 11.6 Å². The first-order valence-electron chi connectivity index (χ1n) is 4.00. The largest absolute Gasteiger partial charge is 0.312 e. The van der Waals surface area contributed by atoms with E-state index in [9.17, 15) is 4.79 Å². The molecule has 12 heavy (non-hydrogen) atoms. The summed E-state index contributed by atoms with van der Waals surface area (Å²) in [4.78, 5) is 11.3. The average Bonchev–Trinajstić information content (AvgIpc) is 2.87. The number of aromatic nitrogens is 1. The standard InChI is InChI=1S/C10H9NO/c1-2-8-5-6-11(9-3-4-9)10(12)7-8/h1,5-7,9H,3-4H2. The van der Waals surface area contributed by atoms with Gasteiger partial charge in [0.1, 0.15) is 0 Å². The molecule has 60 valence electrons. The van der Waals surface area contributed by atoms with Crippen LogP contribution in [0.25, 0.3) is 0 Å². The molecule has 0 aliphatic heterocycles. The highest BCUT2D eigenvalue weighted by atomic mass is 16.1. The summed E-state index contributed by atoms with van der Waals surface area (Å²) >= 11 is 0. The van der Waals surface area contributed by atoms with Gasteiger partial charge in [0.2, 0.25) is 0 Å². The van der Waals surface area contributed by atoms with Crippen LogP contribution in [0.4, 0.5) is 0 Å². The van der Waals surface area contributed by atoms with Gasteiger partial charge in [0, 0.05) is 23.9 Å². The smallest absolute Gasteiger partial charge is 0.252 e. The zero-order chi connectivity index (χ0) is 8.55. The van der Waals surface area contributed by atoms with Gasteiger partial charge in [-0.1, -0.05) is 5.92 Å². The lowest BCUT2D eigenvalue weighted by atomic mass is 10.3. The van der Waals surface area contributed by atoms with Gasteiger partial charge in [-0.25, -0.2) is 0 Å². The van der Waals surface area contributed by atoms with Crippen LogP contribution in [0.15, 0.2) is 23.1 Å². The second-order valence-electron chi connectivity index (χ2n) is 3.04. The first kappa shape index (κ1) is 7.17. The molecular formula is C10H9NO. The maximum atomic E-state index is 11.3. The third-order valence-corrected chi connectivity index (χ3v) is 2.06. The number of nitrogens with zero attached hydrogens (tertiary/aromatic N) is 1. The van der Waals surface area contributed by atoms with Crippen molar-refractivity contribution in [3.05, 3.63) is 34.2 Å². The topological polar surface area (TPSA) is 22.0 Å². The predicted octanol–water partition coefficient (Wildman–Crippen LogP) is 1.16. The maximum Gasteiger partial charge on any atom is 0.252 e. The van der Waals surface area contributed by atoms with E-state index in [0.717, 1.165) is 12.8 Å². The Morgan fingerprint density at radius 2 is 2.33 bits per heavy atom. The summed E-state index contributed by atoms with van der Waals surface area (Å²) in [6.45, 7) is 0. The molecule has 2 heteroatoms. The van der Waals surface area contributed by atoms with E-state index in [1.54, 1.807) is 16.8 Å². The zero-order valence-corrected chi connectivity index (χ0v) is 6.66. The lowest BCUT2D eigenvalue weighted by molar-refractivity contribution is 0.706. The summed E-state index contributed by atoms with van der Waals surface area (Å²) in [5.41, 5.74) is 0.685. The molecular weight excluding hydrogens is 150 g/mol. The van der Waals surface area contributed by atoms with Gasteiger partial charge in [0.15, 0.2) is 0 Å². The molecule has 0 spiro atoms. The molecule has 0 radical (unpaired) electrons. The molecule has 2 rings (SSSR count). The monoisotopic (exact) mass is 159 g/mol. The van der Waals surface area contributed by atoms with Crippen molar-refractivity contribution >= 4 is 0 Å².